The second-order valence-electron chi connectivity index (χ2n) is 8.51. The molecule has 1 saturated carbocycles. The first-order valence-corrected chi connectivity index (χ1v) is 12.5. The molecule has 1 aliphatic carbocycles. The Balaban J connectivity index is 1.75. The Morgan fingerprint density at radius 1 is 1.19 bits per heavy atom. The van der Waals surface area contributed by atoms with Gasteiger partial charge < -0.3 is 4.90 Å². The predicted molar refractivity (Wildman–Crippen MR) is 119 cm³/mol. The number of benzene rings is 1. The standard InChI is InChI=1S/C22H26ClN5O2S/c1-14(2)27-31(29,30)17-12-25-22(26-13-17)21-19(11-24)18-10-15(23)8-9-20(18)28(21)16-6-4-3-5-7-16/h8-10,12-14,16,19,21,27H,3-7H2,1-2H3. The van der Waals surface area contributed by atoms with Crippen LogP contribution in [0.2, 0.25) is 5.02 Å². The number of hydrogen-bond acceptors (Lipinski definition) is 6. The van der Waals surface area contributed by atoms with Crippen LogP contribution in [-0.2, 0) is 10.0 Å². The van der Waals surface area contributed by atoms with Crippen molar-refractivity contribution in [2.75, 3.05) is 4.90 Å². The van der Waals surface area contributed by atoms with Gasteiger partial charge in [0.1, 0.15) is 16.9 Å². The van der Waals surface area contributed by atoms with Gasteiger partial charge in [0.2, 0.25) is 10.0 Å². The largest absolute Gasteiger partial charge is 0.356 e. The minimum Gasteiger partial charge on any atom is -0.356 e. The first-order valence-electron chi connectivity index (χ1n) is 10.6. The van der Waals surface area contributed by atoms with Crippen LogP contribution in [0.3, 0.4) is 0 Å². The summed E-state index contributed by atoms with van der Waals surface area (Å²) in [6.07, 6.45) is 8.26. The van der Waals surface area contributed by atoms with E-state index in [0.717, 1.165) is 36.9 Å². The van der Waals surface area contributed by atoms with Crippen LogP contribution in [0.4, 0.5) is 5.69 Å². The molecule has 0 spiro atoms. The molecule has 2 atom stereocenters. The normalized spacial score (nSPS) is 21.8. The van der Waals surface area contributed by atoms with Gasteiger partial charge in [-0.15, -0.1) is 0 Å². The summed E-state index contributed by atoms with van der Waals surface area (Å²) >= 11 is 6.25. The zero-order valence-electron chi connectivity index (χ0n) is 17.6. The van der Waals surface area contributed by atoms with Crippen LogP contribution in [0.15, 0.2) is 35.5 Å². The Hall–Kier alpha value is -2.21. The summed E-state index contributed by atoms with van der Waals surface area (Å²) < 4.78 is 27.4. The quantitative estimate of drug-likeness (QED) is 0.714. The number of sulfonamides is 1. The Labute approximate surface area is 188 Å². The number of hydrogen-bond donors (Lipinski definition) is 1. The molecule has 1 aromatic heterocycles. The summed E-state index contributed by atoms with van der Waals surface area (Å²) in [6, 6.07) is 7.77. The number of rotatable bonds is 5. The first kappa shape index (κ1) is 22.0. The Morgan fingerprint density at radius 2 is 1.87 bits per heavy atom. The number of nitrogens with one attached hydrogen (secondary N) is 1. The molecule has 2 unspecified atom stereocenters. The highest BCUT2D eigenvalue weighted by molar-refractivity contribution is 7.89. The van der Waals surface area contributed by atoms with Crippen molar-refractivity contribution < 1.29 is 8.42 Å². The third-order valence-electron chi connectivity index (χ3n) is 5.94. The third kappa shape index (κ3) is 4.27. The Kier molecular flexibility index (Phi) is 6.20. The van der Waals surface area contributed by atoms with E-state index in [1.54, 1.807) is 13.8 Å². The molecule has 1 aromatic carbocycles. The van der Waals surface area contributed by atoms with Gasteiger partial charge in [0.25, 0.3) is 0 Å². The fourth-order valence-corrected chi connectivity index (χ4v) is 6.00. The molecule has 9 heteroatoms. The molecule has 1 fully saturated rings. The first-order chi connectivity index (χ1) is 14.8. The number of fused-ring (bicyclic) bond motifs is 1. The molecule has 1 N–H and O–H groups in total. The molecule has 31 heavy (non-hydrogen) atoms. The SMILES string of the molecule is CC(C)NS(=O)(=O)c1cnc(C2C(C#N)c3cc(Cl)ccc3N2C2CCCCC2)nc1. The summed E-state index contributed by atoms with van der Waals surface area (Å²) in [6.45, 7) is 3.51. The van der Waals surface area contributed by atoms with Gasteiger partial charge in [0.15, 0.2) is 5.82 Å². The van der Waals surface area contributed by atoms with E-state index in [0.29, 0.717) is 10.8 Å². The lowest BCUT2D eigenvalue weighted by molar-refractivity contribution is 0.386. The van der Waals surface area contributed by atoms with Crippen LogP contribution in [0, 0.1) is 11.3 Å². The highest BCUT2D eigenvalue weighted by atomic mass is 35.5. The average molecular weight is 460 g/mol. The molecule has 0 radical (unpaired) electrons. The van der Waals surface area contributed by atoms with Crippen molar-refractivity contribution in [1.82, 2.24) is 14.7 Å². The van der Waals surface area contributed by atoms with Gasteiger partial charge in [-0.3, -0.25) is 0 Å². The summed E-state index contributed by atoms with van der Waals surface area (Å²) in [4.78, 5) is 11.1. The van der Waals surface area contributed by atoms with Gasteiger partial charge in [0.05, 0.1) is 18.5 Å². The summed E-state index contributed by atoms with van der Waals surface area (Å²) in [7, 11) is -3.68. The molecule has 2 aromatic rings. The lowest BCUT2D eigenvalue weighted by atomic mass is 9.92. The second-order valence-corrected chi connectivity index (χ2v) is 10.7. The Bertz CT molecular complexity index is 1090. The van der Waals surface area contributed by atoms with Crippen LogP contribution >= 0.6 is 11.6 Å². The van der Waals surface area contributed by atoms with E-state index in [-0.39, 0.29) is 23.0 Å². The van der Waals surface area contributed by atoms with E-state index in [9.17, 15) is 13.7 Å². The smallest absolute Gasteiger partial charge is 0.243 e. The van der Waals surface area contributed by atoms with Crippen LogP contribution < -0.4 is 9.62 Å². The van der Waals surface area contributed by atoms with Crippen molar-refractivity contribution in [3.8, 4) is 6.07 Å². The minimum atomic E-state index is -3.68. The number of aromatic nitrogens is 2. The van der Waals surface area contributed by atoms with Gasteiger partial charge >= 0.3 is 0 Å². The van der Waals surface area contributed by atoms with E-state index < -0.39 is 15.9 Å². The van der Waals surface area contributed by atoms with E-state index in [2.05, 4.69) is 25.7 Å². The van der Waals surface area contributed by atoms with E-state index in [4.69, 9.17) is 11.6 Å². The Morgan fingerprint density at radius 3 is 2.48 bits per heavy atom. The second kappa shape index (κ2) is 8.73. The topological polar surface area (TPSA) is 99.0 Å². The van der Waals surface area contributed by atoms with Crippen LogP contribution in [0.25, 0.3) is 0 Å². The summed E-state index contributed by atoms with van der Waals surface area (Å²) in [5.41, 5.74) is 1.88. The van der Waals surface area contributed by atoms with E-state index in [1.807, 2.05) is 18.2 Å². The van der Waals surface area contributed by atoms with E-state index in [1.165, 1.54) is 18.8 Å². The lowest BCUT2D eigenvalue weighted by Crippen LogP contribution is -2.39. The minimum absolute atomic E-state index is 0.0150. The molecule has 0 amide bonds. The highest BCUT2D eigenvalue weighted by Gasteiger charge is 2.44. The number of halogens is 1. The predicted octanol–water partition coefficient (Wildman–Crippen LogP) is 4.32. The maximum Gasteiger partial charge on any atom is 0.243 e. The number of nitrogens with zero attached hydrogens (tertiary/aromatic N) is 4. The van der Waals surface area contributed by atoms with Crippen LogP contribution in [0.1, 0.15) is 69.3 Å². The number of nitriles is 1. The van der Waals surface area contributed by atoms with Crippen LogP contribution in [0.5, 0.6) is 0 Å². The zero-order valence-corrected chi connectivity index (χ0v) is 19.2. The molecule has 7 nitrogen and oxygen atoms in total. The molecule has 0 saturated heterocycles. The van der Waals surface area contributed by atoms with Crippen molar-refractivity contribution in [3.05, 3.63) is 47.0 Å². The monoisotopic (exact) mass is 459 g/mol. The fourth-order valence-electron chi connectivity index (χ4n) is 4.68. The van der Waals surface area contributed by atoms with Crippen molar-refractivity contribution in [2.45, 2.75) is 74.9 Å². The molecule has 0 bridgehead atoms. The van der Waals surface area contributed by atoms with Gasteiger partial charge in [-0.1, -0.05) is 30.9 Å². The van der Waals surface area contributed by atoms with Crippen molar-refractivity contribution in [2.24, 2.45) is 0 Å². The molecule has 164 valence electrons. The van der Waals surface area contributed by atoms with Gasteiger partial charge in [-0.2, -0.15) is 5.26 Å². The van der Waals surface area contributed by atoms with Gasteiger partial charge in [-0.05, 0) is 50.5 Å². The third-order valence-corrected chi connectivity index (χ3v) is 7.79. The maximum absolute atomic E-state index is 12.5. The maximum atomic E-state index is 12.5. The van der Waals surface area contributed by atoms with Crippen molar-refractivity contribution >= 4 is 27.3 Å². The molecule has 4 rings (SSSR count). The van der Waals surface area contributed by atoms with Crippen LogP contribution in [-0.4, -0.2) is 30.5 Å². The van der Waals surface area contributed by atoms with Gasteiger partial charge in [-0.25, -0.2) is 23.1 Å². The molecular weight excluding hydrogens is 434 g/mol. The molecular formula is C22H26ClN5O2S. The van der Waals surface area contributed by atoms with E-state index >= 15 is 0 Å². The molecule has 2 heterocycles. The highest BCUT2D eigenvalue weighted by Crippen LogP contribution is 2.51. The lowest BCUT2D eigenvalue weighted by Gasteiger charge is -2.37. The molecule has 2 aliphatic rings. The average Bonchev–Trinajstić information content (AvgIpc) is 3.07. The fraction of sp³-hybridized carbons (Fsp3) is 0.500. The van der Waals surface area contributed by atoms with Crippen molar-refractivity contribution in [1.29, 1.82) is 5.26 Å². The molecule has 1 aliphatic heterocycles. The summed E-state index contributed by atoms with van der Waals surface area (Å²) in [5.74, 6) is -0.0279. The zero-order chi connectivity index (χ0) is 22.2. The number of anilines is 1. The van der Waals surface area contributed by atoms with Gasteiger partial charge in [0, 0.05) is 22.8 Å². The van der Waals surface area contributed by atoms with Crippen molar-refractivity contribution in [3.63, 3.8) is 0 Å². The summed E-state index contributed by atoms with van der Waals surface area (Å²) in [5, 5.41) is 10.6.